The van der Waals surface area contributed by atoms with Crippen molar-refractivity contribution in [1.29, 1.82) is 0 Å². The fourth-order valence-electron chi connectivity index (χ4n) is 6.54. The summed E-state index contributed by atoms with van der Waals surface area (Å²) in [4.78, 5) is 32.0. The minimum absolute atomic E-state index is 0.218. The Morgan fingerprint density at radius 1 is 1.00 bits per heavy atom. The monoisotopic (exact) mass is 611 g/mol. The molecule has 0 spiro atoms. The molecule has 3 aromatic rings. The van der Waals surface area contributed by atoms with Crippen LogP contribution in [0.1, 0.15) is 47.3 Å². The van der Waals surface area contributed by atoms with E-state index >= 15 is 0 Å². The van der Waals surface area contributed by atoms with E-state index in [9.17, 15) is 14.0 Å². The molecule has 2 aromatic carbocycles. The molecule has 0 amide bonds. The Morgan fingerprint density at radius 3 is 2.21 bits per heavy atom. The summed E-state index contributed by atoms with van der Waals surface area (Å²) in [6.45, 7) is 11.0. The molecule has 1 unspecified atom stereocenters. The Morgan fingerprint density at radius 2 is 1.60 bits per heavy atom. The number of fused-ring (bicyclic) bond motifs is 1. The number of benzene rings is 2. The van der Waals surface area contributed by atoms with Gasteiger partial charge in [0, 0.05) is 13.0 Å². The molecule has 3 aliphatic rings. The molecule has 3 saturated heterocycles. The molecule has 0 aliphatic carbocycles. The lowest BCUT2D eigenvalue weighted by molar-refractivity contribution is -0.284. The van der Waals surface area contributed by atoms with Gasteiger partial charge in [-0.25, -0.2) is 4.79 Å². The predicted octanol–water partition coefficient (Wildman–Crippen LogP) is 2.63. The summed E-state index contributed by atoms with van der Waals surface area (Å²) in [5.74, 6) is -1.92. The second-order valence-corrected chi connectivity index (χ2v) is 17.0. The van der Waals surface area contributed by atoms with Gasteiger partial charge >= 0.3 is 5.69 Å². The lowest BCUT2D eigenvalue weighted by Gasteiger charge is -2.43. The van der Waals surface area contributed by atoms with Crippen LogP contribution in [0.4, 0.5) is 4.39 Å². The Hall–Kier alpha value is -2.97. The number of hydrogen-bond acceptors (Lipinski definition) is 8. The standard InChI is InChI=1S/C31H38FN3O7Si/c1-30(2,3)43(20-12-8-6-9-13-20,21-14-10-7-11-15-21)38-19-23-25-26(41-31(4,5)40-25)28(39-23)35-17-16-24(42-35)34-18-22(32)27(36)33-29(34)37/h6-15,18,23-26,28H,16-17,19H2,1-5H3,(H,33,36,37)/t23?,24-,25+,26+,28+/m0/s1. The minimum Gasteiger partial charge on any atom is -0.405 e. The van der Waals surface area contributed by atoms with Gasteiger partial charge in [-0.2, -0.15) is 9.45 Å². The van der Waals surface area contributed by atoms with Crippen molar-refractivity contribution in [3.63, 3.8) is 0 Å². The van der Waals surface area contributed by atoms with Gasteiger partial charge in [-0.3, -0.25) is 19.2 Å². The Bertz CT molecular complexity index is 1520. The SMILES string of the molecule is CC1(C)O[C@@H]2[C@H](O1)C(CO[Si](c1ccccc1)(c1ccccc1)C(C)(C)C)O[C@H]2N1CC[C@@H](n2cc(F)c(=O)[nH]c2=O)O1. The molecule has 10 nitrogen and oxygen atoms in total. The first-order valence-corrected chi connectivity index (χ1v) is 16.5. The van der Waals surface area contributed by atoms with Gasteiger partial charge in [-0.05, 0) is 29.3 Å². The molecular formula is C31H38FN3O7Si. The average Bonchev–Trinajstić information content (AvgIpc) is 3.65. The first kappa shape index (κ1) is 30.1. The second kappa shape index (κ2) is 11.2. The van der Waals surface area contributed by atoms with Crippen LogP contribution in [0.15, 0.2) is 76.4 Å². The first-order chi connectivity index (χ1) is 20.4. The zero-order valence-electron chi connectivity index (χ0n) is 25.0. The molecule has 1 N–H and O–H groups in total. The van der Waals surface area contributed by atoms with E-state index in [2.05, 4.69) is 45.0 Å². The largest absolute Gasteiger partial charge is 0.405 e. The van der Waals surface area contributed by atoms with E-state index in [1.165, 1.54) is 0 Å². The van der Waals surface area contributed by atoms with Crippen LogP contribution in [0, 0.1) is 5.82 Å². The number of aromatic amines is 1. The average molecular weight is 612 g/mol. The van der Waals surface area contributed by atoms with Gasteiger partial charge in [0.25, 0.3) is 13.9 Å². The highest BCUT2D eigenvalue weighted by Gasteiger charge is 2.59. The molecule has 0 bridgehead atoms. The van der Waals surface area contributed by atoms with Crippen molar-refractivity contribution < 1.29 is 27.9 Å². The van der Waals surface area contributed by atoms with Crippen molar-refractivity contribution in [3.05, 3.63) is 93.5 Å². The number of ether oxygens (including phenoxy) is 3. The van der Waals surface area contributed by atoms with E-state index in [-0.39, 0.29) is 11.6 Å². The van der Waals surface area contributed by atoms with Crippen LogP contribution in [-0.2, 0) is 23.5 Å². The maximum atomic E-state index is 14.0. The summed E-state index contributed by atoms with van der Waals surface area (Å²) in [5.41, 5.74) is -1.82. The molecule has 6 rings (SSSR count). The molecule has 230 valence electrons. The summed E-state index contributed by atoms with van der Waals surface area (Å²) in [5, 5.41) is 3.72. The van der Waals surface area contributed by atoms with E-state index in [0.29, 0.717) is 13.0 Å². The highest BCUT2D eigenvalue weighted by atomic mass is 28.4. The van der Waals surface area contributed by atoms with Gasteiger partial charge in [-0.15, -0.1) is 0 Å². The van der Waals surface area contributed by atoms with Crippen LogP contribution in [0.25, 0.3) is 0 Å². The molecule has 1 aromatic heterocycles. The molecule has 0 saturated carbocycles. The summed E-state index contributed by atoms with van der Waals surface area (Å²) >= 11 is 0. The molecule has 0 radical (unpaired) electrons. The molecular weight excluding hydrogens is 573 g/mol. The number of H-pyrrole nitrogens is 1. The molecule has 12 heteroatoms. The summed E-state index contributed by atoms with van der Waals surface area (Å²) in [6.07, 6.45) is -1.65. The third-order valence-corrected chi connectivity index (χ3v) is 13.4. The quantitative estimate of drug-likeness (QED) is 0.407. The molecule has 3 aliphatic heterocycles. The predicted molar refractivity (Wildman–Crippen MR) is 159 cm³/mol. The van der Waals surface area contributed by atoms with Crippen LogP contribution in [0.3, 0.4) is 0 Å². The van der Waals surface area contributed by atoms with Crippen LogP contribution in [0.5, 0.6) is 0 Å². The van der Waals surface area contributed by atoms with Crippen LogP contribution >= 0.6 is 0 Å². The number of halogens is 1. The number of aromatic nitrogens is 2. The highest BCUT2D eigenvalue weighted by Crippen LogP contribution is 2.43. The van der Waals surface area contributed by atoms with Crippen LogP contribution in [0.2, 0.25) is 5.04 Å². The van der Waals surface area contributed by atoms with Gasteiger partial charge in [0.2, 0.25) is 5.82 Å². The molecule has 43 heavy (non-hydrogen) atoms. The number of nitrogens with zero attached hydrogens (tertiary/aromatic N) is 2. The van der Waals surface area contributed by atoms with Gasteiger partial charge in [0.1, 0.15) is 18.3 Å². The number of hydrogen-bond donors (Lipinski definition) is 1. The van der Waals surface area contributed by atoms with E-state index in [4.69, 9.17) is 23.5 Å². The number of nitrogens with one attached hydrogen (secondary N) is 1. The smallest absolute Gasteiger partial charge is 0.330 e. The van der Waals surface area contributed by atoms with E-state index in [1.54, 1.807) is 5.06 Å². The van der Waals surface area contributed by atoms with Crippen molar-refractivity contribution in [1.82, 2.24) is 14.6 Å². The molecule has 5 atom stereocenters. The van der Waals surface area contributed by atoms with Crippen LogP contribution < -0.4 is 21.6 Å². The molecule has 3 fully saturated rings. The zero-order valence-corrected chi connectivity index (χ0v) is 26.0. The summed E-state index contributed by atoms with van der Waals surface area (Å²) in [6, 6.07) is 20.8. The minimum atomic E-state index is -2.85. The number of rotatable bonds is 7. The lowest BCUT2D eigenvalue weighted by atomic mass is 10.1. The second-order valence-electron chi connectivity index (χ2n) is 12.7. The van der Waals surface area contributed by atoms with Crippen molar-refractivity contribution >= 4 is 18.7 Å². The maximum absolute atomic E-state index is 14.0. The lowest BCUT2D eigenvalue weighted by Crippen LogP contribution is -2.67. The summed E-state index contributed by atoms with van der Waals surface area (Å²) < 4.78 is 41.4. The third kappa shape index (κ3) is 5.46. The van der Waals surface area contributed by atoms with E-state index in [1.807, 2.05) is 55.2 Å². The third-order valence-electron chi connectivity index (χ3n) is 8.38. The van der Waals surface area contributed by atoms with Gasteiger partial charge in [0.05, 0.1) is 12.8 Å². The maximum Gasteiger partial charge on any atom is 0.330 e. The van der Waals surface area contributed by atoms with Crippen molar-refractivity contribution in [2.75, 3.05) is 13.2 Å². The number of hydroxylamine groups is 2. The van der Waals surface area contributed by atoms with Crippen molar-refractivity contribution in [3.8, 4) is 0 Å². The normalized spacial score (nSPS) is 27.4. The first-order valence-electron chi connectivity index (χ1n) is 14.6. The van der Waals surface area contributed by atoms with Gasteiger partial charge < -0.3 is 18.6 Å². The Kier molecular flexibility index (Phi) is 7.82. The summed E-state index contributed by atoms with van der Waals surface area (Å²) in [7, 11) is -2.85. The topological polar surface area (TPSA) is 104 Å². The molecule has 4 heterocycles. The highest BCUT2D eigenvalue weighted by molar-refractivity contribution is 6.99. The van der Waals surface area contributed by atoms with Crippen molar-refractivity contribution in [2.24, 2.45) is 0 Å². The fraction of sp³-hybridized carbons (Fsp3) is 0.484. The van der Waals surface area contributed by atoms with Gasteiger partial charge in [-0.1, -0.05) is 81.4 Å². The Labute approximate surface area is 250 Å². The van der Waals surface area contributed by atoms with E-state index in [0.717, 1.165) is 21.1 Å². The van der Waals surface area contributed by atoms with Gasteiger partial charge in [0.15, 0.2) is 18.2 Å². The van der Waals surface area contributed by atoms with Crippen LogP contribution in [-0.4, -0.2) is 66.4 Å². The fourth-order valence-corrected chi connectivity index (χ4v) is 11.1. The Balaban J connectivity index is 1.28. The van der Waals surface area contributed by atoms with Crippen molar-refractivity contribution in [2.45, 2.75) is 82.6 Å². The van der Waals surface area contributed by atoms with E-state index < -0.39 is 61.9 Å². The zero-order chi connectivity index (χ0) is 30.6.